The monoisotopic (exact) mass is 352 g/mol. The molecule has 2 N–H and O–H groups in total. The van der Waals surface area contributed by atoms with Crippen LogP contribution in [-0.2, 0) is 0 Å². The molecular formula is C19H33FN4O. The summed E-state index contributed by atoms with van der Waals surface area (Å²) in [7, 11) is 1.76. The molecule has 0 aromatic heterocycles. The summed E-state index contributed by atoms with van der Waals surface area (Å²) in [6.07, 6.45) is 2.26. The first-order chi connectivity index (χ1) is 12.1. The fraction of sp³-hybridized carbons (Fsp3) is 0.632. The van der Waals surface area contributed by atoms with Crippen molar-refractivity contribution in [3.8, 4) is 5.75 Å². The molecule has 1 unspecified atom stereocenters. The maximum absolute atomic E-state index is 13.1. The minimum atomic E-state index is -0.290. The maximum Gasteiger partial charge on any atom is 0.191 e. The summed E-state index contributed by atoms with van der Waals surface area (Å²) in [6.45, 7) is 10.9. The number of rotatable bonds is 11. The Kier molecular flexibility index (Phi) is 10.6. The Bertz CT molecular complexity index is 506. The Hall–Kier alpha value is -1.82. The van der Waals surface area contributed by atoms with Crippen LogP contribution in [-0.4, -0.2) is 56.7 Å². The van der Waals surface area contributed by atoms with Crippen LogP contribution in [0, 0.1) is 5.82 Å². The summed E-state index contributed by atoms with van der Waals surface area (Å²) >= 11 is 0. The third-order valence-corrected chi connectivity index (χ3v) is 4.07. The second-order valence-corrected chi connectivity index (χ2v) is 6.02. The summed E-state index contributed by atoms with van der Waals surface area (Å²) in [5.41, 5.74) is 0. The molecule has 5 nitrogen and oxygen atoms in total. The van der Waals surface area contributed by atoms with Crippen LogP contribution in [0.4, 0.5) is 4.39 Å². The highest BCUT2D eigenvalue weighted by molar-refractivity contribution is 5.79. The van der Waals surface area contributed by atoms with E-state index in [1.165, 1.54) is 12.1 Å². The first-order valence-electron chi connectivity index (χ1n) is 9.16. The van der Waals surface area contributed by atoms with E-state index in [1.807, 2.05) is 0 Å². The lowest BCUT2D eigenvalue weighted by Gasteiger charge is -2.21. The molecule has 142 valence electrons. The zero-order valence-electron chi connectivity index (χ0n) is 16.0. The molecule has 0 saturated heterocycles. The average Bonchev–Trinajstić information content (AvgIpc) is 2.61. The molecule has 6 heteroatoms. The van der Waals surface area contributed by atoms with Crippen LogP contribution in [0.5, 0.6) is 5.75 Å². The van der Waals surface area contributed by atoms with Crippen LogP contribution in [0.2, 0.25) is 0 Å². The lowest BCUT2D eigenvalue weighted by atomic mass is 10.2. The largest absolute Gasteiger partial charge is 0.492 e. The van der Waals surface area contributed by atoms with E-state index in [0.717, 1.165) is 38.4 Å². The topological polar surface area (TPSA) is 48.9 Å². The molecule has 1 aromatic rings. The molecule has 0 saturated carbocycles. The van der Waals surface area contributed by atoms with Gasteiger partial charge in [0.25, 0.3) is 0 Å². The smallest absolute Gasteiger partial charge is 0.191 e. The fourth-order valence-corrected chi connectivity index (χ4v) is 2.56. The number of guanidine groups is 1. The lowest BCUT2D eigenvalue weighted by molar-refractivity contribution is 0.292. The number of ether oxygens (including phenoxy) is 1. The zero-order valence-corrected chi connectivity index (χ0v) is 16.0. The zero-order chi connectivity index (χ0) is 18.5. The van der Waals surface area contributed by atoms with Crippen LogP contribution >= 0.6 is 0 Å². The van der Waals surface area contributed by atoms with Crippen molar-refractivity contribution < 1.29 is 9.13 Å². The van der Waals surface area contributed by atoms with Gasteiger partial charge >= 0.3 is 0 Å². The quantitative estimate of drug-likeness (QED) is 0.365. The first-order valence-corrected chi connectivity index (χ1v) is 9.16. The van der Waals surface area contributed by atoms with Crippen molar-refractivity contribution in [2.75, 3.05) is 39.8 Å². The van der Waals surface area contributed by atoms with E-state index >= 15 is 0 Å². The van der Waals surface area contributed by atoms with Gasteiger partial charge in [0.05, 0.1) is 6.54 Å². The second-order valence-electron chi connectivity index (χ2n) is 6.02. The van der Waals surface area contributed by atoms with Gasteiger partial charge in [-0.05, 0) is 51.5 Å². The van der Waals surface area contributed by atoms with Crippen molar-refractivity contribution in [2.45, 2.75) is 39.7 Å². The van der Waals surface area contributed by atoms with Crippen molar-refractivity contribution in [3.63, 3.8) is 0 Å². The van der Waals surface area contributed by atoms with Crippen molar-refractivity contribution >= 4 is 5.96 Å². The van der Waals surface area contributed by atoms with E-state index in [2.05, 4.69) is 41.3 Å². The molecule has 0 amide bonds. The predicted molar refractivity (Wildman–Crippen MR) is 103 cm³/mol. The molecule has 0 radical (unpaired) electrons. The molecule has 1 rings (SSSR count). The van der Waals surface area contributed by atoms with E-state index in [1.54, 1.807) is 19.2 Å². The SMILES string of the molecule is CCN(CC)CCCC(C)NC(=NC)NCCOc1cccc(F)c1. The Morgan fingerprint density at radius 2 is 2.08 bits per heavy atom. The van der Waals surface area contributed by atoms with Gasteiger partial charge in [-0.1, -0.05) is 19.9 Å². The molecule has 0 aliphatic carbocycles. The number of nitrogens with zero attached hydrogens (tertiary/aromatic N) is 2. The molecule has 0 aliphatic rings. The van der Waals surface area contributed by atoms with Crippen LogP contribution in [0.25, 0.3) is 0 Å². The highest BCUT2D eigenvalue weighted by atomic mass is 19.1. The van der Waals surface area contributed by atoms with Crippen molar-refractivity contribution in [3.05, 3.63) is 30.1 Å². The first kappa shape index (κ1) is 21.2. The lowest BCUT2D eigenvalue weighted by Crippen LogP contribution is -2.43. The van der Waals surface area contributed by atoms with Gasteiger partial charge in [-0.25, -0.2) is 4.39 Å². The minimum absolute atomic E-state index is 0.290. The van der Waals surface area contributed by atoms with Crippen LogP contribution in [0.1, 0.15) is 33.6 Å². The van der Waals surface area contributed by atoms with E-state index < -0.39 is 0 Å². The Labute approximate surface area is 151 Å². The minimum Gasteiger partial charge on any atom is -0.492 e. The van der Waals surface area contributed by atoms with E-state index in [4.69, 9.17) is 4.74 Å². The van der Waals surface area contributed by atoms with Crippen LogP contribution in [0.15, 0.2) is 29.3 Å². The van der Waals surface area contributed by atoms with Crippen LogP contribution in [0.3, 0.4) is 0 Å². The van der Waals surface area contributed by atoms with Crippen molar-refractivity contribution in [2.24, 2.45) is 4.99 Å². The summed E-state index contributed by atoms with van der Waals surface area (Å²) in [5, 5.41) is 6.61. The Balaban J connectivity index is 2.20. The highest BCUT2D eigenvalue weighted by Crippen LogP contribution is 2.11. The molecule has 0 bridgehead atoms. The number of halogens is 1. The Morgan fingerprint density at radius 3 is 2.72 bits per heavy atom. The van der Waals surface area contributed by atoms with Gasteiger partial charge in [0, 0.05) is 19.2 Å². The summed E-state index contributed by atoms with van der Waals surface area (Å²) in [6, 6.07) is 6.52. The molecule has 25 heavy (non-hydrogen) atoms. The van der Waals surface area contributed by atoms with Gasteiger partial charge in [0.1, 0.15) is 18.2 Å². The summed E-state index contributed by atoms with van der Waals surface area (Å²) < 4.78 is 18.6. The second kappa shape index (κ2) is 12.5. The van der Waals surface area contributed by atoms with Crippen molar-refractivity contribution in [1.82, 2.24) is 15.5 Å². The van der Waals surface area contributed by atoms with Gasteiger partial charge < -0.3 is 20.3 Å². The molecule has 1 atom stereocenters. The molecule has 1 aromatic carbocycles. The number of nitrogens with one attached hydrogen (secondary N) is 2. The van der Waals surface area contributed by atoms with Crippen molar-refractivity contribution in [1.29, 1.82) is 0 Å². The van der Waals surface area contributed by atoms with Gasteiger partial charge in [0.15, 0.2) is 5.96 Å². The normalized spacial score (nSPS) is 13.0. The van der Waals surface area contributed by atoms with E-state index in [-0.39, 0.29) is 5.82 Å². The molecule has 0 aliphatic heterocycles. The molecule has 0 fully saturated rings. The fourth-order valence-electron chi connectivity index (χ4n) is 2.56. The Morgan fingerprint density at radius 1 is 1.32 bits per heavy atom. The van der Waals surface area contributed by atoms with E-state index in [9.17, 15) is 4.39 Å². The third-order valence-electron chi connectivity index (χ3n) is 4.07. The standard InChI is InChI=1S/C19H33FN4O/c1-5-24(6-2)13-8-9-16(3)23-19(21-4)22-12-14-25-18-11-7-10-17(20)15-18/h7,10-11,15-16H,5-6,8-9,12-14H2,1-4H3,(H2,21,22,23). The van der Waals surface area contributed by atoms with Gasteiger partial charge in [-0.3, -0.25) is 4.99 Å². The maximum atomic E-state index is 13.1. The average molecular weight is 352 g/mol. The summed E-state index contributed by atoms with van der Waals surface area (Å²) in [4.78, 5) is 6.66. The number of hydrogen-bond donors (Lipinski definition) is 2. The third kappa shape index (κ3) is 9.29. The number of hydrogen-bond acceptors (Lipinski definition) is 3. The molecular weight excluding hydrogens is 319 g/mol. The highest BCUT2D eigenvalue weighted by Gasteiger charge is 2.06. The van der Waals surface area contributed by atoms with Gasteiger partial charge in [-0.2, -0.15) is 0 Å². The summed E-state index contributed by atoms with van der Waals surface area (Å²) in [5.74, 6) is 1.01. The van der Waals surface area contributed by atoms with E-state index in [0.29, 0.717) is 24.9 Å². The number of aliphatic imine (C=N–C) groups is 1. The van der Waals surface area contributed by atoms with Gasteiger partial charge in [0.2, 0.25) is 0 Å². The number of benzene rings is 1. The van der Waals surface area contributed by atoms with Gasteiger partial charge in [-0.15, -0.1) is 0 Å². The molecule has 0 spiro atoms. The molecule has 0 heterocycles. The predicted octanol–water partition coefficient (Wildman–Crippen LogP) is 2.88. The van der Waals surface area contributed by atoms with Crippen LogP contribution < -0.4 is 15.4 Å².